The van der Waals surface area contributed by atoms with Gasteiger partial charge in [-0.2, -0.15) is 0 Å². The number of guanidine groups is 1. The molecule has 0 aromatic heterocycles. The largest absolute Gasteiger partial charge is 0.495 e. The number of aliphatic imine (C=N–C) groups is 1. The van der Waals surface area contributed by atoms with Crippen molar-refractivity contribution in [3.05, 3.63) is 24.3 Å². The molecule has 2 aliphatic rings. The van der Waals surface area contributed by atoms with Crippen LogP contribution in [0.4, 0.5) is 5.69 Å². The average molecular weight is 389 g/mol. The van der Waals surface area contributed by atoms with Gasteiger partial charge >= 0.3 is 0 Å². The second-order valence-electron chi connectivity index (χ2n) is 7.86. The number of anilines is 1. The fourth-order valence-electron chi connectivity index (χ4n) is 4.00. The van der Waals surface area contributed by atoms with Gasteiger partial charge in [0.05, 0.1) is 19.3 Å². The van der Waals surface area contributed by atoms with Gasteiger partial charge in [-0.25, -0.2) is 0 Å². The summed E-state index contributed by atoms with van der Waals surface area (Å²) in [4.78, 5) is 12.1. The topological polar surface area (TPSA) is 55.4 Å². The molecule has 2 atom stereocenters. The summed E-state index contributed by atoms with van der Waals surface area (Å²) < 4.78 is 5.53. The van der Waals surface area contributed by atoms with E-state index in [9.17, 15) is 0 Å². The third kappa shape index (κ3) is 5.29. The Balaban J connectivity index is 1.58. The smallest absolute Gasteiger partial charge is 0.191 e. The van der Waals surface area contributed by atoms with Crippen LogP contribution in [0.3, 0.4) is 0 Å². The molecular weight excluding hydrogens is 352 g/mol. The van der Waals surface area contributed by atoms with Crippen molar-refractivity contribution in [1.29, 1.82) is 0 Å². The fourth-order valence-corrected chi connectivity index (χ4v) is 4.00. The summed E-state index contributed by atoms with van der Waals surface area (Å²) in [7, 11) is 6.13. The molecule has 28 heavy (non-hydrogen) atoms. The second kappa shape index (κ2) is 9.98. The third-order valence-corrected chi connectivity index (χ3v) is 5.74. The van der Waals surface area contributed by atoms with Gasteiger partial charge in [-0.15, -0.1) is 0 Å². The molecule has 0 aliphatic carbocycles. The first kappa shape index (κ1) is 20.7. The highest BCUT2D eigenvalue weighted by atomic mass is 16.5. The molecule has 0 amide bonds. The first-order valence-electron chi connectivity index (χ1n) is 10.4. The van der Waals surface area contributed by atoms with Crippen molar-refractivity contribution >= 4 is 11.6 Å². The first-order chi connectivity index (χ1) is 13.6. The predicted molar refractivity (Wildman–Crippen MR) is 117 cm³/mol. The summed E-state index contributed by atoms with van der Waals surface area (Å²) in [5.74, 6) is 1.86. The number of rotatable bonds is 6. The monoisotopic (exact) mass is 388 g/mol. The maximum atomic E-state index is 5.53. The first-order valence-corrected chi connectivity index (χ1v) is 10.4. The number of hydrogen-bond donors (Lipinski definition) is 2. The van der Waals surface area contributed by atoms with Gasteiger partial charge in [0.2, 0.25) is 0 Å². The van der Waals surface area contributed by atoms with Crippen LogP contribution in [0, 0.1) is 0 Å². The van der Waals surface area contributed by atoms with Crippen LogP contribution in [-0.4, -0.2) is 94.9 Å². The number of nitrogens with one attached hydrogen (secondary N) is 2. The SMILES string of the molecule is CCNC(=NCC1CN(C)CCN1C)NC1CCN(c2ccccc2OC)C1. The van der Waals surface area contributed by atoms with Crippen molar-refractivity contribution in [3.8, 4) is 5.75 Å². The van der Waals surface area contributed by atoms with E-state index in [1.165, 1.54) is 5.69 Å². The molecular formula is C21H36N6O. The Labute approximate surface area is 169 Å². The summed E-state index contributed by atoms with van der Waals surface area (Å²) in [6.07, 6.45) is 1.09. The Morgan fingerprint density at radius 3 is 2.79 bits per heavy atom. The lowest BCUT2D eigenvalue weighted by Gasteiger charge is -2.37. The summed E-state index contributed by atoms with van der Waals surface area (Å²) in [5.41, 5.74) is 1.17. The molecule has 7 nitrogen and oxygen atoms in total. The number of likely N-dealkylation sites (N-methyl/N-ethyl adjacent to an activating group) is 2. The summed E-state index contributed by atoms with van der Waals surface area (Å²) in [5, 5.41) is 7.06. The maximum Gasteiger partial charge on any atom is 0.191 e. The van der Waals surface area contributed by atoms with Crippen LogP contribution in [0.2, 0.25) is 0 Å². The number of para-hydroxylation sites is 2. The Morgan fingerprint density at radius 1 is 1.18 bits per heavy atom. The third-order valence-electron chi connectivity index (χ3n) is 5.74. The minimum Gasteiger partial charge on any atom is -0.495 e. The molecule has 2 heterocycles. The molecule has 2 unspecified atom stereocenters. The number of hydrogen-bond acceptors (Lipinski definition) is 5. The van der Waals surface area contributed by atoms with E-state index >= 15 is 0 Å². The molecule has 3 rings (SSSR count). The summed E-state index contributed by atoms with van der Waals surface area (Å²) >= 11 is 0. The average Bonchev–Trinajstić information content (AvgIpc) is 3.17. The minimum absolute atomic E-state index is 0.384. The lowest BCUT2D eigenvalue weighted by atomic mass is 10.2. The quantitative estimate of drug-likeness (QED) is 0.562. The summed E-state index contributed by atoms with van der Waals surface area (Å²) in [6.45, 7) is 9.10. The Bertz CT molecular complexity index is 652. The van der Waals surface area contributed by atoms with E-state index < -0.39 is 0 Å². The Hall–Kier alpha value is -1.99. The Morgan fingerprint density at radius 2 is 2.00 bits per heavy atom. The predicted octanol–water partition coefficient (Wildman–Crippen LogP) is 1.07. The molecule has 0 bridgehead atoms. The highest BCUT2D eigenvalue weighted by Gasteiger charge is 2.26. The maximum absolute atomic E-state index is 5.53. The van der Waals surface area contributed by atoms with Gasteiger partial charge in [0.25, 0.3) is 0 Å². The zero-order valence-corrected chi connectivity index (χ0v) is 17.8. The molecule has 0 spiro atoms. The van der Waals surface area contributed by atoms with Crippen LogP contribution in [0.5, 0.6) is 5.75 Å². The number of methoxy groups -OCH3 is 1. The van der Waals surface area contributed by atoms with Gasteiger partial charge < -0.3 is 25.2 Å². The van der Waals surface area contributed by atoms with E-state index in [4.69, 9.17) is 9.73 Å². The van der Waals surface area contributed by atoms with E-state index in [-0.39, 0.29) is 0 Å². The number of nitrogens with zero attached hydrogens (tertiary/aromatic N) is 4. The minimum atomic E-state index is 0.384. The van der Waals surface area contributed by atoms with Crippen LogP contribution in [0.15, 0.2) is 29.3 Å². The van der Waals surface area contributed by atoms with E-state index in [0.717, 1.165) is 63.9 Å². The number of benzene rings is 1. The molecule has 0 radical (unpaired) electrons. The van der Waals surface area contributed by atoms with Crippen LogP contribution in [0.1, 0.15) is 13.3 Å². The zero-order chi connectivity index (χ0) is 19.9. The van der Waals surface area contributed by atoms with Crippen molar-refractivity contribution in [2.45, 2.75) is 25.4 Å². The molecule has 7 heteroatoms. The number of piperazine rings is 1. The summed E-state index contributed by atoms with van der Waals surface area (Å²) in [6, 6.07) is 9.11. The van der Waals surface area contributed by atoms with Gasteiger partial charge in [-0.3, -0.25) is 9.89 Å². The van der Waals surface area contributed by atoms with Crippen LogP contribution in [0.25, 0.3) is 0 Å². The lowest BCUT2D eigenvalue weighted by Crippen LogP contribution is -2.52. The van der Waals surface area contributed by atoms with Crippen molar-refractivity contribution in [2.75, 3.05) is 71.9 Å². The van der Waals surface area contributed by atoms with Crippen molar-refractivity contribution in [2.24, 2.45) is 4.99 Å². The highest BCUT2D eigenvalue weighted by molar-refractivity contribution is 5.80. The molecule has 0 saturated carbocycles. The molecule has 2 N–H and O–H groups in total. The Kier molecular flexibility index (Phi) is 7.39. The molecule has 2 fully saturated rings. The number of ether oxygens (including phenoxy) is 1. The molecule has 156 valence electrons. The van der Waals surface area contributed by atoms with Gasteiger partial charge in [-0.05, 0) is 39.6 Å². The van der Waals surface area contributed by atoms with Gasteiger partial charge in [0, 0.05) is 51.4 Å². The van der Waals surface area contributed by atoms with E-state index in [0.29, 0.717) is 12.1 Å². The van der Waals surface area contributed by atoms with Gasteiger partial charge in [0.1, 0.15) is 5.75 Å². The van der Waals surface area contributed by atoms with E-state index in [1.807, 2.05) is 12.1 Å². The van der Waals surface area contributed by atoms with Crippen molar-refractivity contribution in [3.63, 3.8) is 0 Å². The molecule has 1 aromatic rings. The lowest BCUT2D eigenvalue weighted by molar-refractivity contribution is 0.119. The second-order valence-corrected chi connectivity index (χ2v) is 7.86. The van der Waals surface area contributed by atoms with E-state index in [2.05, 4.69) is 58.5 Å². The van der Waals surface area contributed by atoms with Gasteiger partial charge in [-0.1, -0.05) is 12.1 Å². The molecule has 2 saturated heterocycles. The van der Waals surface area contributed by atoms with Crippen LogP contribution >= 0.6 is 0 Å². The highest BCUT2D eigenvalue weighted by Crippen LogP contribution is 2.30. The van der Waals surface area contributed by atoms with Crippen LogP contribution in [-0.2, 0) is 0 Å². The van der Waals surface area contributed by atoms with Gasteiger partial charge in [0.15, 0.2) is 5.96 Å². The molecule has 1 aromatic carbocycles. The van der Waals surface area contributed by atoms with Crippen LogP contribution < -0.4 is 20.3 Å². The van der Waals surface area contributed by atoms with Crippen molar-refractivity contribution in [1.82, 2.24) is 20.4 Å². The molecule has 2 aliphatic heterocycles. The fraction of sp³-hybridized carbons (Fsp3) is 0.667. The van der Waals surface area contributed by atoms with Crippen molar-refractivity contribution < 1.29 is 4.74 Å². The zero-order valence-electron chi connectivity index (χ0n) is 17.8. The normalized spacial score (nSPS) is 24.4. The van der Waals surface area contributed by atoms with E-state index in [1.54, 1.807) is 7.11 Å². The standard InChI is InChI=1S/C21H36N6O/c1-5-22-21(23-14-18-16-25(2)12-13-26(18)3)24-17-10-11-27(15-17)19-8-6-7-9-20(19)28-4/h6-9,17-18H,5,10-16H2,1-4H3,(H2,22,23,24).